The fourth-order valence-electron chi connectivity index (χ4n) is 4.36. The second-order valence-corrected chi connectivity index (χ2v) is 11.0. The molecule has 5 heteroatoms. The Labute approximate surface area is 323 Å². The summed E-state index contributed by atoms with van der Waals surface area (Å²) in [5.41, 5.74) is 7.86. The molecule has 248 valence electrons. The Bertz CT molecular complexity index is 2950. The van der Waals surface area contributed by atoms with Gasteiger partial charge in [-0.15, -0.1) is 0 Å². The number of anilines is 2. The summed E-state index contributed by atoms with van der Waals surface area (Å²) in [6.07, 6.45) is 0. The topological polar surface area (TPSA) is 72.2 Å². The smallest absolute Gasteiger partial charge is 0.255 e. The van der Waals surface area contributed by atoms with Crippen molar-refractivity contribution < 1.29 is 37.0 Å². The van der Waals surface area contributed by atoms with Crippen LogP contribution in [0.3, 0.4) is 0 Å². The van der Waals surface area contributed by atoms with Gasteiger partial charge in [0.25, 0.3) is 11.1 Å². The predicted octanol–water partition coefficient (Wildman–Crippen LogP) is 11.9. The molecule has 0 fully saturated rings. The summed E-state index contributed by atoms with van der Waals surface area (Å²) in [5, 5.41) is 1.54. The zero-order valence-corrected chi connectivity index (χ0v) is 27.6. The van der Waals surface area contributed by atoms with Crippen molar-refractivity contribution in [3.8, 4) is 22.3 Å². The van der Waals surface area contributed by atoms with E-state index in [1.165, 1.54) is 6.07 Å². The van der Waals surface area contributed by atoms with Crippen molar-refractivity contribution in [3.63, 3.8) is 0 Å². The molecule has 0 aliphatic rings. The lowest BCUT2D eigenvalue weighted by Gasteiger charge is -2.18. The summed E-state index contributed by atoms with van der Waals surface area (Å²) in [5.74, 6) is -0.950. The van der Waals surface area contributed by atoms with Crippen molar-refractivity contribution in [2.45, 2.75) is 39.5 Å². The SMILES string of the molecule is [2H]c1c([2H])c([2H])c(-c2cccc(C(C)C)c2N)c([2H])c1[2H].[2H]c1c([2H])c([2H])c(C(=O)Cl)c([2H])c1[2H].[2H]c1c([2H])c([2H])c(C(=O)Nc2c(-c3c([2H])c([2H])c([2H])c([2H])c3[2H])cccc2C(C)C)c([2H])c1[2H]. The number of hydrogen-bond acceptors (Lipinski definition) is 3. The maximum Gasteiger partial charge on any atom is 0.255 e. The molecule has 0 heterocycles. The van der Waals surface area contributed by atoms with Crippen LogP contribution in [-0.2, 0) is 0 Å². The van der Waals surface area contributed by atoms with E-state index in [2.05, 4.69) is 5.32 Å². The highest BCUT2D eigenvalue weighted by Gasteiger charge is 2.16. The van der Waals surface area contributed by atoms with E-state index >= 15 is 0 Å². The second-order valence-electron chi connectivity index (χ2n) is 10.6. The second kappa shape index (κ2) is 18.2. The summed E-state index contributed by atoms with van der Waals surface area (Å²) in [6, 6.07) is 0.0251. The monoisotopic (exact) mass is 686 g/mol. The molecule has 0 unspecified atom stereocenters. The first-order valence-corrected chi connectivity index (χ1v) is 15.1. The number of nitrogens with two attached hydrogens (primary N) is 1. The Kier molecular flexibility index (Phi) is 6.61. The third-order valence-corrected chi connectivity index (χ3v) is 6.87. The number of carbonyl (C=O) groups is 2. The number of hydrogen-bond donors (Lipinski definition) is 2. The van der Waals surface area contributed by atoms with E-state index in [-0.39, 0.29) is 58.4 Å². The van der Waals surface area contributed by atoms with Crippen molar-refractivity contribution in [2.75, 3.05) is 11.1 Å². The number of nitrogen functional groups attached to an aromatic ring is 1. The molecule has 6 aromatic carbocycles. The molecular weight excluding hydrogens is 624 g/mol. The number of halogens is 1. The van der Waals surface area contributed by atoms with E-state index in [1.807, 2.05) is 33.8 Å². The Morgan fingerprint density at radius 2 is 1.00 bits per heavy atom. The van der Waals surface area contributed by atoms with Crippen molar-refractivity contribution in [1.82, 2.24) is 0 Å². The van der Waals surface area contributed by atoms with Crippen LogP contribution < -0.4 is 11.1 Å². The summed E-state index contributed by atoms with van der Waals surface area (Å²) in [4.78, 5) is 24.0. The summed E-state index contributed by atoms with van der Waals surface area (Å²) >= 11 is 5.10. The van der Waals surface area contributed by atoms with Crippen LogP contribution in [0, 0.1) is 0 Å². The van der Waals surface area contributed by atoms with Crippen LogP contribution in [0.1, 0.15) is 98.8 Å². The maximum atomic E-state index is 13.2. The molecule has 1 amide bonds. The summed E-state index contributed by atoms with van der Waals surface area (Å²) in [7, 11) is 0. The van der Waals surface area contributed by atoms with Crippen molar-refractivity contribution in [1.29, 1.82) is 0 Å². The van der Waals surface area contributed by atoms with Crippen molar-refractivity contribution >= 4 is 34.1 Å². The van der Waals surface area contributed by atoms with E-state index in [1.54, 1.807) is 24.3 Å². The molecule has 4 nitrogen and oxygen atoms in total. The van der Waals surface area contributed by atoms with Gasteiger partial charge >= 0.3 is 0 Å². The van der Waals surface area contributed by atoms with Crippen LogP contribution in [-0.4, -0.2) is 11.1 Å². The first-order chi connectivity index (χ1) is 31.9. The zero-order valence-electron chi connectivity index (χ0n) is 46.9. The lowest BCUT2D eigenvalue weighted by atomic mass is 9.94. The highest BCUT2D eigenvalue weighted by Crippen LogP contribution is 2.35. The van der Waals surface area contributed by atoms with Crippen LogP contribution in [0.25, 0.3) is 22.3 Å². The minimum Gasteiger partial charge on any atom is -0.398 e. The average molecular weight is 687 g/mol. The lowest BCUT2D eigenvalue weighted by Crippen LogP contribution is -2.14. The van der Waals surface area contributed by atoms with Gasteiger partial charge in [-0.25, -0.2) is 0 Å². The number of rotatable bonds is 7. The Morgan fingerprint density at radius 3 is 1.47 bits per heavy atom. The molecule has 0 radical (unpaired) electrons. The highest BCUT2D eigenvalue weighted by atomic mass is 35.5. The third-order valence-electron chi connectivity index (χ3n) is 6.68. The van der Waals surface area contributed by atoms with Gasteiger partial charge in [-0.2, -0.15) is 0 Å². The van der Waals surface area contributed by atoms with E-state index < -0.39 is 119 Å². The Morgan fingerprint density at radius 1 is 0.592 bits per heavy atom. The van der Waals surface area contributed by atoms with Gasteiger partial charge in [0.2, 0.25) is 0 Å². The van der Waals surface area contributed by atoms with Gasteiger partial charge < -0.3 is 11.1 Å². The average Bonchev–Trinajstić information content (AvgIpc) is 3.30. The third kappa shape index (κ3) is 10.3. The summed E-state index contributed by atoms with van der Waals surface area (Å²) in [6.45, 7) is 7.66. The number of carbonyl (C=O) groups excluding carboxylic acids is 2. The van der Waals surface area contributed by atoms with Gasteiger partial charge in [-0.3, -0.25) is 9.59 Å². The van der Waals surface area contributed by atoms with Crippen LogP contribution >= 0.6 is 11.6 Å². The molecule has 0 spiro atoms. The van der Waals surface area contributed by atoms with Gasteiger partial charge in [-0.1, -0.05) is 173 Å². The molecule has 0 aliphatic heterocycles. The van der Waals surface area contributed by atoms with Gasteiger partial charge in [-0.05, 0) is 57.8 Å². The Hall–Kier alpha value is -5.45. The van der Waals surface area contributed by atoms with Crippen LogP contribution in [0.4, 0.5) is 11.4 Å². The molecule has 0 aromatic heterocycles. The zero-order chi connectivity index (χ0) is 52.6. The van der Waals surface area contributed by atoms with E-state index in [9.17, 15) is 9.59 Å². The maximum absolute atomic E-state index is 13.2. The standard InChI is InChI=1S/C22H21NO.C15H17N.C7H5ClO/c1-16(2)19-14-9-15-20(17-10-5-3-6-11-17)21(19)23-22(24)18-12-7-4-8-13-18;1-11(2)13-9-6-10-14(15(13)16)12-7-4-3-5-8-12;8-7(9)6-4-2-1-3-5-6/h3-16H,1-2H3,(H,23,24);3-11H,16H2,1-2H3;1-5H/i3D,4D,5D,6D,7D,8D,10D,11D,12D,13D;3D,4D,5D,7D,8D;1D,2D,3D,4D,5D. The predicted molar refractivity (Wildman–Crippen MR) is 207 cm³/mol. The van der Waals surface area contributed by atoms with Gasteiger partial charge in [0.15, 0.2) is 0 Å². The van der Waals surface area contributed by atoms with Crippen LogP contribution in [0.2, 0.25) is 0 Å². The lowest BCUT2D eigenvalue weighted by molar-refractivity contribution is 0.102. The molecule has 0 aliphatic carbocycles. The number of amides is 1. The van der Waals surface area contributed by atoms with Gasteiger partial charge in [0, 0.05) is 27.9 Å². The molecule has 0 atom stereocenters. The fraction of sp³-hybridized carbons (Fsp3) is 0.136. The molecular formula is C44H43ClN2O2. The molecule has 6 aromatic rings. The van der Waals surface area contributed by atoms with Gasteiger partial charge in [0.1, 0.15) is 0 Å². The van der Waals surface area contributed by atoms with E-state index in [0.29, 0.717) is 16.8 Å². The quantitative estimate of drug-likeness (QED) is 0.130. The van der Waals surface area contributed by atoms with E-state index in [4.69, 9.17) is 44.7 Å². The minimum atomic E-state index is -1.05. The molecule has 0 bridgehead atoms. The van der Waals surface area contributed by atoms with E-state index in [0.717, 1.165) is 5.56 Å². The van der Waals surface area contributed by atoms with Crippen LogP contribution in [0.15, 0.2) is 157 Å². The number of para-hydroxylation sites is 2. The molecule has 6 rings (SSSR count). The first-order valence-electron chi connectivity index (χ1n) is 24.8. The summed E-state index contributed by atoms with van der Waals surface area (Å²) < 4.78 is 155. The first kappa shape index (κ1) is 17.8. The molecule has 0 saturated heterocycles. The number of benzene rings is 6. The van der Waals surface area contributed by atoms with Crippen molar-refractivity contribution in [2.24, 2.45) is 0 Å². The number of nitrogens with one attached hydrogen (secondary N) is 1. The largest absolute Gasteiger partial charge is 0.398 e. The van der Waals surface area contributed by atoms with Crippen molar-refractivity contribution in [3.05, 3.63) is 180 Å². The minimum absolute atomic E-state index is 0.120. The van der Waals surface area contributed by atoms with Crippen LogP contribution in [0.5, 0.6) is 0 Å². The fourth-order valence-corrected chi connectivity index (χ4v) is 4.46. The normalized spacial score (nSPS) is 16.1. The molecule has 49 heavy (non-hydrogen) atoms. The molecule has 0 saturated carbocycles. The molecule has 3 N–H and O–H groups in total. The Balaban J connectivity index is 0.000000251. The van der Waals surface area contributed by atoms with Gasteiger partial charge in [0.05, 0.1) is 33.1 Å². The highest BCUT2D eigenvalue weighted by molar-refractivity contribution is 6.67.